The van der Waals surface area contributed by atoms with E-state index >= 15 is 0 Å². The van der Waals surface area contributed by atoms with Gasteiger partial charge in [0.25, 0.3) is 0 Å². The lowest BCUT2D eigenvalue weighted by atomic mass is 9.74. The van der Waals surface area contributed by atoms with Crippen LogP contribution in [0.5, 0.6) is 0 Å². The molecule has 3 aromatic rings. The lowest BCUT2D eigenvalue weighted by molar-refractivity contribution is -0.117. The maximum Gasteiger partial charge on any atom is 0.495 e. The SMILES string of the molecule is Cc1ccc(C(CN)C(=O)Nc2ccc3cnccc3c2)cc1B1OC(C)(C)C(C)(C)O1. The number of nitrogens with one attached hydrogen (secondary N) is 1. The maximum absolute atomic E-state index is 13.1. The van der Waals surface area contributed by atoms with Gasteiger partial charge in [-0.2, -0.15) is 0 Å². The molecule has 4 rings (SSSR count). The van der Waals surface area contributed by atoms with Gasteiger partial charge in [0.15, 0.2) is 0 Å². The normalized spacial score (nSPS) is 18.0. The summed E-state index contributed by atoms with van der Waals surface area (Å²) in [6.07, 6.45) is 3.54. The Morgan fingerprint density at radius 2 is 1.78 bits per heavy atom. The summed E-state index contributed by atoms with van der Waals surface area (Å²) in [5.41, 5.74) is 8.71. The molecule has 2 heterocycles. The second kappa shape index (κ2) is 8.32. The molecule has 0 saturated carbocycles. The quantitative estimate of drug-likeness (QED) is 0.604. The number of rotatable bonds is 5. The molecule has 0 bridgehead atoms. The molecule has 6 nitrogen and oxygen atoms in total. The molecule has 166 valence electrons. The van der Waals surface area contributed by atoms with Crippen LogP contribution in [0.1, 0.15) is 44.7 Å². The molecular weight excluding hydrogens is 401 g/mol. The Kier molecular flexibility index (Phi) is 5.84. The Hall–Kier alpha value is -2.74. The highest BCUT2D eigenvalue weighted by atomic mass is 16.7. The number of fused-ring (bicyclic) bond motifs is 1. The number of aryl methyl sites for hydroxylation is 1. The minimum atomic E-state index is -0.495. The van der Waals surface area contributed by atoms with Gasteiger partial charge < -0.3 is 20.4 Å². The monoisotopic (exact) mass is 431 g/mol. The fourth-order valence-electron chi connectivity index (χ4n) is 3.88. The average Bonchev–Trinajstić information content (AvgIpc) is 2.96. The Labute approximate surface area is 189 Å². The molecule has 1 aliphatic heterocycles. The number of anilines is 1. The van der Waals surface area contributed by atoms with Crippen LogP contribution in [0.25, 0.3) is 10.8 Å². The second-order valence-electron chi connectivity index (χ2n) is 9.42. The predicted octanol–water partition coefficient (Wildman–Crippen LogP) is 3.52. The number of amides is 1. The predicted molar refractivity (Wildman–Crippen MR) is 129 cm³/mol. The molecule has 0 aliphatic carbocycles. The van der Waals surface area contributed by atoms with E-state index in [1.165, 1.54) is 0 Å². The number of carbonyl (C=O) groups is 1. The van der Waals surface area contributed by atoms with Crippen LogP contribution in [0.2, 0.25) is 0 Å². The van der Waals surface area contributed by atoms with Crippen LogP contribution in [-0.4, -0.2) is 35.8 Å². The first-order valence-electron chi connectivity index (χ1n) is 10.9. The minimum Gasteiger partial charge on any atom is -0.399 e. The van der Waals surface area contributed by atoms with E-state index in [-0.39, 0.29) is 12.5 Å². The molecule has 1 unspecified atom stereocenters. The third kappa shape index (κ3) is 4.16. The Balaban J connectivity index is 1.58. The van der Waals surface area contributed by atoms with Crippen molar-refractivity contribution in [1.82, 2.24) is 4.98 Å². The summed E-state index contributed by atoms with van der Waals surface area (Å²) < 4.78 is 12.5. The zero-order valence-corrected chi connectivity index (χ0v) is 19.3. The van der Waals surface area contributed by atoms with Crippen molar-refractivity contribution in [3.63, 3.8) is 0 Å². The molecule has 2 aromatic carbocycles. The van der Waals surface area contributed by atoms with Gasteiger partial charge in [-0.3, -0.25) is 9.78 Å². The molecule has 1 fully saturated rings. The first kappa shape index (κ1) is 22.5. The summed E-state index contributed by atoms with van der Waals surface area (Å²) in [7, 11) is -0.490. The molecule has 1 aromatic heterocycles. The van der Waals surface area contributed by atoms with E-state index in [0.29, 0.717) is 0 Å². The average molecular weight is 431 g/mol. The number of aromatic nitrogens is 1. The van der Waals surface area contributed by atoms with Crippen LogP contribution in [0, 0.1) is 6.92 Å². The number of hydrogen-bond donors (Lipinski definition) is 2. The van der Waals surface area contributed by atoms with Crippen molar-refractivity contribution >= 4 is 34.9 Å². The van der Waals surface area contributed by atoms with E-state index in [4.69, 9.17) is 15.0 Å². The third-order valence-electron chi connectivity index (χ3n) is 6.67. The fourth-order valence-corrected chi connectivity index (χ4v) is 3.88. The molecule has 1 saturated heterocycles. The summed E-state index contributed by atoms with van der Waals surface area (Å²) in [5, 5.41) is 5.05. The molecule has 32 heavy (non-hydrogen) atoms. The topological polar surface area (TPSA) is 86.5 Å². The molecular formula is C25H30BN3O3. The molecule has 1 aliphatic rings. The van der Waals surface area contributed by atoms with Gasteiger partial charge in [-0.1, -0.05) is 29.8 Å². The van der Waals surface area contributed by atoms with Gasteiger partial charge in [-0.05, 0) is 69.2 Å². The van der Waals surface area contributed by atoms with E-state index in [1.807, 2.05) is 77.1 Å². The van der Waals surface area contributed by atoms with E-state index in [0.717, 1.165) is 33.0 Å². The Morgan fingerprint density at radius 1 is 1.06 bits per heavy atom. The number of benzene rings is 2. The van der Waals surface area contributed by atoms with Crippen molar-refractivity contribution in [3.05, 3.63) is 66.0 Å². The van der Waals surface area contributed by atoms with Crippen molar-refractivity contribution in [2.75, 3.05) is 11.9 Å². The van der Waals surface area contributed by atoms with E-state index in [2.05, 4.69) is 10.3 Å². The van der Waals surface area contributed by atoms with Crippen LogP contribution in [-0.2, 0) is 14.1 Å². The highest BCUT2D eigenvalue weighted by Crippen LogP contribution is 2.37. The van der Waals surface area contributed by atoms with Crippen molar-refractivity contribution in [1.29, 1.82) is 0 Å². The minimum absolute atomic E-state index is 0.148. The van der Waals surface area contributed by atoms with Gasteiger partial charge in [0.05, 0.1) is 17.1 Å². The highest BCUT2D eigenvalue weighted by molar-refractivity contribution is 6.62. The standard InChI is InChI=1S/C25H30BN3O3/c1-16-6-7-18(13-22(16)26-31-24(2,3)25(4,5)32-26)21(14-27)23(30)29-20-9-8-19-15-28-11-10-17(19)12-20/h6-13,15,21H,14,27H2,1-5H3,(H,29,30). The van der Waals surface area contributed by atoms with Crippen molar-refractivity contribution in [3.8, 4) is 0 Å². The van der Waals surface area contributed by atoms with Crippen molar-refractivity contribution in [2.24, 2.45) is 5.73 Å². The summed E-state index contributed by atoms with van der Waals surface area (Å²) in [6.45, 7) is 10.3. The van der Waals surface area contributed by atoms with Crippen LogP contribution in [0.3, 0.4) is 0 Å². The largest absolute Gasteiger partial charge is 0.495 e. The molecule has 0 radical (unpaired) electrons. The van der Waals surface area contributed by atoms with Gasteiger partial charge in [-0.25, -0.2) is 0 Å². The number of nitrogens with zero attached hydrogens (tertiary/aromatic N) is 1. The summed E-state index contributed by atoms with van der Waals surface area (Å²) >= 11 is 0. The number of nitrogens with two attached hydrogens (primary N) is 1. The van der Waals surface area contributed by atoms with Gasteiger partial charge in [0, 0.05) is 30.0 Å². The smallest absolute Gasteiger partial charge is 0.399 e. The lowest BCUT2D eigenvalue weighted by Crippen LogP contribution is -2.41. The third-order valence-corrected chi connectivity index (χ3v) is 6.67. The summed E-state index contributed by atoms with van der Waals surface area (Å²) in [6, 6.07) is 13.6. The van der Waals surface area contributed by atoms with E-state index in [1.54, 1.807) is 12.4 Å². The second-order valence-corrected chi connectivity index (χ2v) is 9.42. The van der Waals surface area contributed by atoms with Gasteiger partial charge in [-0.15, -0.1) is 0 Å². The zero-order chi connectivity index (χ0) is 23.1. The molecule has 1 amide bonds. The van der Waals surface area contributed by atoms with E-state index < -0.39 is 24.2 Å². The number of pyridine rings is 1. The van der Waals surface area contributed by atoms with E-state index in [9.17, 15) is 4.79 Å². The first-order chi connectivity index (χ1) is 15.1. The first-order valence-corrected chi connectivity index (χ1v) is 10.9. The maximum atomic E-state index is 13.1. The fraction of sp³-hybridized carbons (Fsp3) is 0.360. The number of hydrogen-bond acceptors (Lipinski definition) is 5. The van der Waals surface area contributed by atoms with Crippen molar-refractivity contribution < 1.29 is 14.1 Å². The highest BCUT2D eigenvalue weighted by Gasteiger charge is 2.52. The van der Waals surface area contributed by atoms with Crippen LogP contribution >= 0.6 is 0 Å². The van der Waals surface area contributed by atoms with Crippen LogP contribution < -0.4 is 16.5 Å². The van der Waals surface area contributed by atoms with Crippen molar-refractivity contribution in [2.45, 2.75) is 51.7 Å². The van der Waals surface area contributed by atoms with Gasteiger partial charge in [0.2, 0.25) is 5.91 Å². The van der Waals surface area contributed by atoms with Gasteiger partial charge in [0.1, 0.15) is 0 Å². The molecule has 3 N–H and O–H groups in total. The Bertz CT molecular complexity index is 1150. The zero-order valence-electron chi connectivity index (χ0n) is 19.3. The summed E-state index contributed by atoms with van der Waals surface area (Å²) in [4.78, 5) is 17.3. The molecule has 0 spiro atoms. The van der Waals surface area contributed by atoms with Gasteiger partial charge >= 0.3 is 7.12 Å². The number of carbonyl (C=O) groups excluding carboxylic acids is 1. The Morgan fingerprint density at radius 3 is 2.47 bits per heavy atom. The molecule has 1 atom stereocenters. The lowest BCUT2D eigenvalue weighted by Gasteiger charge is -2.32. The summed E-state index contributed by atoms with van der Waals surface area (Å²) in [5.74, 6) is -0.644. The van der Waals surface area contributed by atoms with Crippen LogP contribution in [0.15, 0.2) is 54.9 Å². The molecule has 7 heteroatoms. The van der Waals surface area contributed by atoms with Crippen LogP contribution in [0.4, 0.5) is 5.69 Å².